The van der Waals surface area contributed by atoms with Crippen LogP contribution in [-0.2, 0) is 4.74 Å². The predicted octanol–water partition coefficient (Wildman–Crippen LogP) is 2.76. The molecule has 0 atom stereocenters. The molecular formula is C14H9N2O6. The van der Waals surface area contributed by atoms with Gasteiger partial charge in [0.05, 0.1) is 34.1 Å². The molecule has 8 heteroatoms. The highest BCUT2D eigenvalue weighted by atomic mass is 16.6. The third kappa shape index (κ3) is 2.90. The maximum atomic E-state index is 11.5. The number of nitro benzene ring substituents is 2. The van der Waals surface area contributed by atoms with E-state index in [-0.39, 0.29) is 16.8 Å². The van der Waals surface area contributed by atoms with Crippen molar-refractivity contribution in [1.29, 1.82) is 0 Å². The van der Waals surface area contributed by atoms with E-state index in [0.29, 0.717) is 5.56 Å². The van der Waals surface area contributed by atoms with E-state index in [4.69, 9.17) is 0 Å². The van der Waals surface area contributed by atoms with Gasteiger partial charge in [0.2, 0.25) is 0 Å². The van der Waals surface area contributed by atoms with Crippen LogP contribution in [0.2, 0.25) is 0 Å². The van der Waals surface area contributed by atoms with Gasteiger partial charge in [-0.1, -0.05) is 12.1 Å². The Hall–Kier alpha value is -3.29. The van der Waals surface area contributed by atoms with Crippen LogP contribution in [0.1, 0.15) is 10.4 Å². The Bertz CT molecular complexity index is 772. The van der Waals surface area contributed by atoms with Crippen LogP contribution in [0.5, 0.6) is 0 Å². The van der Waals surface area contributed by atoms with Gasteiger partial charge in [-0.05, 0) is 23.8 Å². The van der Waals surface area contributed by atoms with E-state index in [9.17, 15) is 25.0 Å². The number of carbonyl (C=O) groups is 1. The summed E-state index contributed by atoms with van der Waals surface area (Å²) < 4.78 is 4.56. The summed E-state index contributed by atoms with van der Waals surface area (Å²) in [4.78, 5) is 31.9. The topological polar surface area (TPSA) is 113 Å². The summed E-state index contributed by atoms with van der Waals surface area (Å²) in [6.07, 6.45) is 0. The van der Waals surface area contributed by atoms with Crippen LogP contribution in [-0.4, -0.2) is 22.9 Å². The summed E-state index contributed by atoms with van der Waals surface area (Å²) in [5.41, 5.74) is -0.175. The third-order valence-electron chi connectivity index (χ3n) is 2.91. The van der Waals surface area contributed by atoms with Gasteiger partial charge in [-0.15, -0.1) is 0 Å². The zero-order valence-corrected chi connectivity index (χ0v) is 11.3. The number of ether oxygens (including phenoxy) is 1. The molecule has 8 nitrogen and oxygen atoms in total. The molecule has 2 rings (SSSR count). The largest absolute Gasteiger partial charge is 0.465 e. The van der Waals surface area contributed by atoms with Crippen molar-refractivity contribution in [3.63, 3.8) is 0 Å². The summed E-state index contributed by atoms with van der Waals surface area (Å²) in [6.45, 7) is 0. The Balaban J connectivity index is 2.59. The van der Waals surface area contributed by atoms with Crippen LogP contribution < -0.4 is 0 Å². The molecule has 0 saturated carbocycles. The number of esters is 1. The van der Waals surface area contributed by atoms with Gasteiger partial charge < -0.3 is 4.74 Å². The van der Waals surface area contributed by atoms with Crippen LogP contribution >= 0.6 is 0 Å². The number of nitro groups is 2. The number of hydrogen-bond acceptors (Lipinski definition) is 6. The summed E-state index contributed by atoms with van der Waals surface area (Å²) in [5, 5.41) is 21.9. The van der Waals surface area contributed by atoms with E-state index >= 15 is 0 Å². The van der Waals surface area contributed by atoms with Crippen molar-refractivity contribution in [3.05, 3.63) is 68.3 Å². The van der Waals surface area contributed by atoms with E-state index in [0.717, 1.165) is 12.1 Å². The lowest BCUT2D eigenvalue weighted by atomic mass is 10.0. The minimum absolute atomic E-state index is 0.104. The van der Waals surface area contributed by atoms with Crippen LogP contribution in [0, 0.1) is 26.3 Å². The van der Waals surface area contributed by atoms with E-state index < -0.39 is 21.5 Å². The van der Waals surface area contributed by atoms with Gasteiger partial charge in [-0.25, -0.2) is 4.79 Å². The van der Waals surface area contributed by atoms with Crippen LogP contribution in [0.25, 0.3) is 11.1 Å². The van der Waals surface area contributed by atoms with E-state index in [1.54, 1.807) is 0 Å². The quantitative estimate of drug-likeness (QED) is 0.487. The Morgan fingerprint density at radius 3 is 2.45 bits per heavy atom. The monoisotopic (exact) mass is 301 g/mol. The lowest BCUT2D eigenvalue weighted by Gasteiger charge is -2.05. The Labute approximate surface area is 124 Å². The van der Waals surface area contributed by atoms with Gasteiger partial charge in [0, 0.05) is 6.07 Å². The highest BCUT2D eigenvalue weighted by Gasteiger charge is 2.21. The van der Waals surface area contributed by atoms with Gasteiger partial charge in [0.1, 0.15) is 0 Å². The van der Waals surface area contributed by atoms with Crippen molar-refractivity contribution in [3.8, 4) is 11.1 Å². The first-order valence-electron chi connectivity index (χ1n) is 5.97. The van der Waals surface area contributed by atoms with Crippen LogP contribution in [0.4, 0.5) is 11.4 Å². The number of methoxy groups -OCH3 is 1. The highest BCUT2D eigenvalue weighted by Crippen LogP contribution is 2.33. The van der Waals surface area contributed by atoms with Crippen LogP contribution in [0.15, 0.2) is 36.4 Å². The minimum atomic E-state index is -0.713. The number of carbonyl (C=O) groups excluding carboxylic acids is 1. The smallest absolute Gasteiger partial charge is 0.338 e. The van der Waals surface area contributed by atoms with Gasteiger partial charge >= 0.3 is 5.97 Å². The fraction of sp³-hybridized carbons (Fsp3) is 0.0714. The second kappa shape index (κ2) is 6.00. The first-order valence-corrected chi connectivity index (χ1v) is 5.97. The Morgan fingerprint density at radius 1 is 1.14 bits per heavy atom. The normalized spacial score (nSPS) is 10.0. The fourth-order valence-electron chi connectivity index (χ4n) is 1.89. The average Bonchev–Trinajstić information content (AvgIpc) is 2.53. The number of rotatable bonds is 4. The first kappa shape index (κ1) is 15.1. The van der Waals surface area contributed by atoms with Crippen molar-refractivity contribution < 1.29 is 19.4 Å². The first-order chi connectivity index (χ1) is 10.4. The molecule has 0 unspecified atom stereocenters. The minimum Gasteiger partial charge on any atom is -0.465 e. The molecule has 0 N–H and O–H groups in total. The molecule has 0 aromatic heterocycles. The van der Waals surface area contributed by atoms with Crippen molar-refractivity contribution in [2.24, 2.45) is 0 Å². The lowest BCUT2D eigenvalue weighted by Crippen LogP contribution is -2.01. The van der Waals surface area contributed by atoms with E-state index in [2.05, 4.69) is 10.8 Å². The summed E-state index contributed by atoms with van der Waals surface area (Å²) in [5.74, 6) is -0.633. The number of nitrogens with zero attached hydrogens (tertiary/aromatic N) is 2. The second-order valence-corrected chi connectivity index (χ2v) is 4.20. The molecule has 0 amide bonds. The summed E-state index contributed by atoms with van der Waals surface area (Å²) in [7, 11) is 1.21. The van der Waals surface area contributed by atoms with Crippen molar-refractivity contribution >= 4 is 17.3 Å². The molecule has 22 heavy (non-hydrogen) atoms. The van der Waals surface area contributed by atoms with Crippen molar-refractivity contribution in [2.75, 3.05) is 7.11 Å². The Kier molecular flexibility index (Phi) is 4.12. The summed E-state index contributed by atoms with van der Waals surface area (Å²) >= 11 is 0. The molecule has 0 saturated heterocycles. The standard InChI is InChI=1S/C14H9N2O6/c1-22-14(17)10-4-2-3-9(7-10)12-6-5-11(15(18)19)8-13(12)16(20)21/h2-3,5-8H,1H3. The van der Waals surface area contributed by atoms with E-state index in [1.807, 2.05) is 0 Å². The third-order valence-corrected chi connectivity index (χ3v) is 2.91. The zero-order valence-electron chi connectivity index (χ0n) is 11.3. The molecule has 1 radical (unpaired) electrons. The maximum absolute atomic E-state index is 11.5. The van der Waals surface area contributed by atoms with E-state index in [1.165, 1.54) is 31.4 Å². The molecular weight excluding hydrogens is 292 g/mol. The zero-order chi connectivity index (χ0) is 16.3. The van der Waals surface area contributed by atoms with Crippen molar-refractivity contribution in [1.82, 2.24) is 0 Å². The SMILES string of the molecule is COC(=O)c1[c]ccc(-c2ccc([N+](=O)[O-])cc2[N+](=O)[O-])c1. The predicted molar refractivity (Wildman–Crippen MR) is 75.4 cm³/mol. The number of hydrogen-bond donors (Lipinski definition) is 0. The fourth-order valence-corrected chi connectivity index (χ4v) is 1.89. The molecule has 0 spiro atoms. The summed E-state index contributed by atoms with van der Waals surface area (Å²) in [6, 6.07) is 10.3. The van der Waals surface area contributed by atoms with Gasteiger partial charge in [-0.2, -0.15) is 0 Å². The maximum Gasteiger partial charge on any atom is 0.338 e. The Morgan fingerprint density at radius 2 is 1.86 bits per heavy atom. The molecule has 111 valence electrons. The molecule has 0 aliphatic carbocycles. The molecule has 0 fully saturated rings. The molecule has 0 aliphatic rings. The highest BCUT2D eigenvalue weighted by molar-refractivity contribution is 5.91. The van der Waals surface area contributed by atoms with Gasteiger partial charge in [-0.3, -0.25) is 20.2 Å². The van der Waals surface area contributed by atoms with Crippen LogP contribution in [0.3, 0.4) is 0 Å². The van der Waals surface area contributed by atoms with Gasteiger partial charge in [0.25, 0.3) is 11.4 Å². The average molecular weight is 301 g/mol. The number of non-ortho nitro benzene ring substituents is 1. The lowest BCUT2D eigenvalue weighted by molar-refractivity contribution is -0.393. The second-order valence-electron chi connectivity index (χ2n) is 4.20. The molecule has 0 heterocycles. The molecule has 2 aromatic rings. The van der Waals surface area contributed by atoms with Gasteiger partial charge in [0.15, 0.2) is 0 Å². The number of benzene rings is 2. The molecule has 0 bridgehead atoms. The molecule has 0 aliphatic heterocycles. The molecule has 2 aromatic carbocycles. The van der Waals surface area contributed by atoms with Crippen molar-refractivity contribution in [2.45, 2.75) is 0 Å².